The van der Waals surface area contributed by atoms with Gasteiger partial charge in [0, 0.05) is 13.0 Å². The summed E-state index contributed by atoms with van der Waals surface area (Å²) in [7, 11) is 0. The maximum absolute atomic E-state index is 11.6. The Morgan fingerprint density at radius 3 is 2.37 bits per heavy atom. The van der Waals surface area contributed by atoms with Crippen molar-refractivity contribution in [2.75, 3.05) is 13.2 Å². The Balaban J connectivity index is 1.86. The largest absolute Gasteiger partial charge is 0.465 e. The molecule has 0 saturated carbocycles. The summed E-state index contributed by atoms with van der Waals surface area (Å²) in [5.41, 5.74) is 0. The van der Waals surface area contributed by atoms with Crippen LogP contribution in [0.4, 0.5) is 0 Å². The van der Waals surface area contributed by atoms with Gasteiger partial charge >= 0.3 is 5.97 Å². The number of aliphatic hydroxyl groups excluding tert-OH is 1. The predicted octanol–water partition coefficient (Wildman–Crippen LogP) is 2.39. The molecule has 0 aromatic carbocycles. The highest BCUT2D eigenvalue weighted by Gasteiger charge is 2.28. The van der Waals surface area contributed by atoms with Crippen LogP contribution in [0.2, 0.25) is 0 Å². The van der Waals surface area contributed by atoms with Crippen LogP contribution in [-0.2, 0) is 9.53 Å². The maximum atomic E-state index is 11.6. The lowest BCUT2D eigenvalue weighted by Crippen LogP contribution is -2.32. The van der Waals surface area contributed by atoms with Gasteiger partial charge in [-0.15, -0.1) is 0 Å². The molecule has 1 saturated heterocycles. The first-order valence-electron chi connectivity index (χ1n) is 7.82. The van der Waals surface area contributed by atoms with Gasteiger partial charge in [0.25, 0.3) is 0 Å². The summed E-state index contributed by atoms with van der Waals surface area (Å²) in [6, 6.07) is -0.302. The van der Waals surface area contributed by atoms with Gasteiger partial charge in [-0.3, -0.25) is 4.79 Å². The second-order valence-corrected chi connectivity index (χ2v) is 5.49. The van der Waals surface area contributed by atoms with Crippen LogP contribution in [0.25, 0.3) is 0 Å². The molecule has 1 rings (SSSR count). The topological polar surface area (TPSA) is 58.6 Å². The average Bonchev–Trinajstić information content (AvgIpc) is 2.83. The molecule has 2 atom stereocenters. The Hall–Kier alpha value is -0.610. The minimum Gasteiger partial charge on any atom is -0.465 e. The van der Waals surface area contributed by atoms with Crippen LogP contribution in [0.5, 0.6) is 0 Å². The van der Waals surface area contributed by atoms with Gasteiger partial charge in [-0.1, -0.05) is 51.9 Å². The van der Waals surface area contributed by atoms with Crippen LogP contribution < -0.4 is 5.32 Å². The third-order valence-corrected chi connectivity index (χ3v) is 3.63. The third kappa shape index (κ3) is 7.53. The number of hydrogen-bond donors (Lipinski definition) is 2. The zero-order valence-electron chi connectivity index (χ0n) is 12.2. The summed E-state index contributed by atoms with van der Waals surface area (Å²) < 4.78 is 5.21. The van der Waals surface area contributed by atoms with E-state index in [4.69, 9.17) is 4.74 Å². The first kappa shape index (κ1) is 16.4. The number of carbonyl (C=O) groups excluding carboxylic acids is 1. The SMILES string of the molecule is CCCCCCCCCCOC(=O)[C@@H]1C[C@@H](O)CN1. The minimum atomic E-state index is -0.402. The van der Waals surface area contributed by atoms with E-state index in [2.05, 4.69) is 12.2 Å². The van der Waals surface area contributed by atoms with Crippen LogP contribution in [0.3, 0.4) is 0 Å². The van der Waals surface area contributed by atoms with Crippen molar-refractivity contribution in [2.45, 2.75) is 76.9 Å². The van der Waals surface area contributed by atoms with Crippen molar-refractivity contribution in [1.29, 1.82) is 0 Å². The van der Waals surface area contributed by atoms with Crippen molar-refractivity contribution in [3.05, 3.63) is 0 Å². The number of carbonyl (C=O) groups is 1. The van der Waals surface area contributed by atoms with E-state index >= 15 is 0 Å². The molecule has 0 aromatic rings. The first-order valence-corrected chi connectivity index (χ1v) is 7.82. The van der Waals surface area contributed by atoms with E-state index in [9.17, 15) is 9.90 Å². The number of ether oxygens (including phenoxy) is 1. The fourth-order valence-corrected chi connectivity index (χ4v) is 2.41. The average molecular weight is 271 g/mol. The quantitative estimate of drug-likeness (QED) is 0.473. The molecular formula is C15H29NO3. The Kier molecular flexibility index (Phi) is 8.84. The summed E-state index contributed by atoms with van der Waals surface area (Å²) in [6.45, 7) is 3.24. The maximum Gasteiger partial charge on any atom is 0.323 e. The first-order chi connectivity index (χ1) is 9.24. The molecule has 0 amide bonds. The summed E-state index contributed by atoms with van der Waals surface area (Å²) in [5.74, 6) is -0.209. The van der Waals surface area contributed by atoms with E-state index in [1.54, 1.807) is 0 Å². The summed E-state index contributed by atoms with van der Waals surface area (Å²) in [6.07, 6.45) is 10.0. The second-order valence-electron chi connectivity index (χ2n) is 5.49. The molecule has 0 aromatic heterocycles. The van der Waals surface area contributed by atoms with Gasteiger partial charge in [-0.05, 0) is 6.42 Å². The molecule has 2 N–H and O–H groups in total. The second kappa shape index (κ2) is 10.2. The monoisotopic (exact) mass is 271 g/mol. The van der Waals surface area contributed by atoms with Crippen molar-refractivity contribution < 1.29 is 14.6 Å². The van der Waals surface area contributed by atoms with Crippen LogP contribution in [0.15, 0.2) is 0 Å². The van der Waals surface area contributed by atoms with E-state index in [0.29, 0.717) is 19.6 Å². The van der Waals surface area contributed by atoms with Crippen molar-refractivity contribution in [1.82, 2.24) is 5.32 Å². The standard InChI is InChI=1S/C15H29NO3/c1-2-3-4-5-6-7-8-9-10-19-15(18)14-11-13(17)12-16-14/h13-14,16-17H,2-12H2,1H3/t13-,14+/m1/s1. The van der Waals surface area contributed by atoms with E-state index < -0.39 is 6.10 Å². The Morgan fingerprint density at radius 2 is 1.79 bits per heavy atom. The number of hydrogen-bond acceptors (Lipinski definition) is 4. The van der Waals surface area contributed by atoms with Gasteiger partial charge in [0.05, 0.1) is 12.7 Å². The molecule has 1 aliphatic rings. The molecule has 0 spiro atoms. The molecule has 1 fully saturated rings. The normalized spacial score (nSPS) is 22.6. The fraction of sp³-hybridized carbons (Fsp3) is 0.933. The van der Waals surface area contributed by atoms with Crippen LogP contribution in [0.1, 0.15) is 64.7 Å². The zero-order valence-corrected chi connectivity index (χ0v) is 12.2. The lowest BCUT2D eigenvalue weighted by molar-refractivity contribution is -0.146. The molecule has 19 heavy (non-hydrogen) atoms. The molecule has 112 valence electrons. The van der Waals surface area contributed by atoms with Crippen molar-refractivity contribution >= 4 is 5.97 Å². The Labute approximate surface area is 116 Å². The summed E-state index contributed by atoms with van der Waals surface area (Å²) >= 11 is 0. The van der Waals surface area contributed by atoms with Gasteiger partial charge in [0.1, 0.15) is 6.04 Å². The van der Waals surface area contributed by atoms with Crippen molar-refractivity contribution in [3.63, 3.8) is 0 Å². The number of β-amino-alcohol motifs (C(OH)–C–C–N with tert-alkyl or cyclic N) is 1. The number of aliphatic hydroxyl groups is 1. The van der Waals surface area contributed by atoms with Crippen LogP contribution in [0, 0.1) is 0 Å². The molecule has 1 heterocycles. The summed E-state index contributed by atoms with van der Waals surface area (Å²) in [4.78, 5) is 11.6. The van der Waals surface area contributed by atoms with Gasteiger partial charge < -0.3 is 15.2 Å². The molecule has 0 radical (unpaired) electrons. The number of esters is 1. The van der Waals surface area contributed by atoms with Gasteiger partial charge in [0.2, 0.25) is 0 Å². The van der Waals surface area contributed by atoms with Crippen LogP contribution >= 0.6 is 0 Å². The van der Waals surface area contributed by atoms with Gasteiger partial charge in [-0.25, -0.2) is 0 Å². The zero-order chi connectivity index (χ0) is 13.9. The lowest BCUT2D eigenvalue weighted by Gasteiger charge is -2.10. The smallest absolute Gasteiger partial charge is 0.323 e. The summed E-state index contributed by atoms with van der Waals surface area (Å²) in [5, 5.41) is 12.3. The molecule has 1 aliphatic heterocycles. The molecular weight excluding hydrogens is 242 g/mol. The Morgan fingerprint density at radius 1 is 1.16 bits per heavy atom. The molecule has 4 nitrogen and oxygen atoms in total. The molecule has 0 unspecified atom stereocenters. The highest BCUT2D eigenvalue weighted by Crippen LogP contribution is 2.10. The Bertz CT molecular complexity index is 246. The third-order valence-electron chi connectivity index (χ3n) is 3.63. The number of unbranched alkanes of at least 4 members (excludes halogenated alkanes) is 7. The van der Waals surface area contributed by atoms with E-state index in [-0.39, 0.29) is 12.0 Å². The van der Waals surface area contributed by atoms with Crippen molar-refractivity contribution in [3.8, 4) is 0 Å². The van der Waals surface area contributed by atoms with Gasteiger partial charge in [0.15, 0.2) is 0 Å². The fourth-order valence-electron chi connectivity index (χ4n) is 2.41. The predicted molar refractivity (Wildman–Crippen MR) is 76.0 cm³/mol. The molecule has 0 bridgehead atoms. The minimum absolute atomic E-state index is 0.209. The number of nitrogens with one attached hydrogen (secondary N) is 1. The molecule has 4 heteroatoms. The highest BCUT2D eigenvalue weighted by molar-refractivity contribution is 5.76. The van der Waals surface area contributed by atoms with E-state index in [1.807, 2.05) is 0 Å². The van der Waals surface area contributed by atoms with E-state index in [1.165, 1.54) is 38.5 Å². The van der Waals surface area contributed by atoms with Crippen molar-refractivity contribution in [2.24, 2.45) is 0 Å². The van der Waals surface area contributed by atoms with Crippen LogP contribution in [-0.4, -0.2) is 36.4 Å². The number of rotatable bonds is 10. The lowest BCUT2D eigenvalue weighted by atomic mass is 10.1. The van der Waals surface area contributed by atoms with E-state index in [0.717, 1.165) is 12.8 Å². The van der Waals surface area contributed by atoms with Gasteiger partial charge in [-0.2, -0.15) is 0 Å². The molecule has 0 aliphatic carbocycles. The highest BCUT2D eigenvalue weighted by atomic mass is 16.5.